The quantitative estimate of drug-likeness (QED) is 0.411. The van der Waals surface area contributed by atoms with Gasteiger partial charge in [0.2, 0.25) is 22.3 Å². The first-order valence-electron chi connectivity index (χ1n) is 9.92. The summed E-state index contributed by atoms with van der Waals surface area (Å²) in [5.41, 5.74) is 4.17. The van der Waals surface area contributed by atoms with Crippen LogP contribution in [-0.2, 0) is 32.5 Å². The van der Waals surface area contributed by atoms with Gasteiger partial charge in [-0.15, -0.1) is 0 Å². The maximum absolute atomic E-state index is 12.3. The molecular weight excluding hydrogens is 416 g/mol. The lowest BCUT2D eigenvalue weighted by atomic mass is 10.1. The van der Waals surface area contributed by atoms with Crippen molar-refractivity contribution in [3.05, 3.63) is 65.4 Å². The number of rotatable bonds is 10. The average Bonchev–Trinajstić information content (AvgIpc) is 3.06. The van der Waals surface area contributed by atoms with E-state index in [1.165, 1.54) is 22.6 Å². The maximum Gasteiger partial charge on any atom is 0.239 e. The third-order valence-corrected chi connectivity index (χ3v) is 6.09. The number of aromatic amines is 1. The SMILES string of the molecule is Cc1[nH]c2ccccc2c1CCNC(=O)CN(C=O)CCc1ccc(S(N)(=O)=O)cc1. The number of hydrogen-bond donors (Lipinski definition) is 3. The average molecular weight is 443 g/mol. The number of amides is 2. The van der Waals surface area contributed by atoms with E-state index in [0.29, 0.717) is 32.3 Å². The van der Waals surface area contributed by atoms with E-state index in [0.717, 1.165) is 22.2 Å². The van der Waals surface area contributed by atoms with Crippen molar-refractivity contribution in [1.82, 2.24) is 15.2 Å². The van der Waals surface area contributed by atoms with Gasteiger partial charge >= 0.3 is 0 Å². The maximum atomic E-state index is 12.3. The molecule has 2 aromatic carbocycles. The number of nitrogens with one attached hydrogen (secondary N) is 2. The molecular formula is C22H26N4O4S. The fraction of sp³-hybridized carbons (Fsp3) is 0.273. The molecule has 0 spiro atoms. The van der Waals surface area contributed by atoms with Crippen molar-refractivity contribution in [3.8, 4) is 0 Å². The highest BCUT2D eigenvalue weighted by molar-refractivity contribution is 7.89. The Hall–Kier alpha value is -3.17. The van der Waals surface area contributed by atoms with Crippen LogP contribution in [0.4, 0.5) is 0 Å². The van der Waals surface area contributed by atoms with Gasteiger partial charge in [-0.25, -0.2) is 13.6 Å². The first-order chi connectivity index (χ1) is 14.8. The van der Waals surface area contributed by atoms with Gasteiger partial charge in [-0.05, 0) is 49.1 Å². The number of nitrogens with zero attached hydrogens (tertiary/aromatic N) is 1. The van der Waals surface area contributed by atoms with Gasteiger partial charge in [-0.3, -0.25) is 9.59 Å². The van der Waals surface area contributed by atoms with Gasteiger partial charge in [0.05, 0.1) is 11.4 Å². The molecule has 8 nitrogen and oxygen atoms in total. The van der Waals surface area contributed by atoms with Crippen LogP contribution in [0, 0.1) is 6.92 Å². The molecule has 9 heteroatoms. The van der Waals surface area contributed by atoms with Crippen LogP contribution >= 0.6 is 0 Å². The van der Waals surface area contributed by atoms with Gasteiger partial charge in [0.25, 0.3) is 0 Å². The fourth-order valence-electron chi connectivity index (χ4n) is 3.51. The Labute approximate surface area is 181 Å². The number of fused-ring (bicyclic) bond motifs is 1. The van der Waals surface area contributed by atoms with Crippen LogP contribution in [0.1, 0.15) is 16.8 Å². The third-order valence-electron chi connectivity index (χ3n) is 5.16. The third kappa shape index (κ3) is 5.93. The topological polar surface area (TPSA) is 125 Å². The highest BCUT2D eigenvalue weighted by Crippen LogP contribution is 2.21. The van der Waals surface area contributed by atoms with E-state index in [2.05, 4.69) is 16.4 Å². The smallest absolute Gasteiger partial charge is 0.239 e. The van der Waals surface area contributed by atoms with E-state index in [1.807, 2.05) is 25.1 Å². The normalized spacial score (nSPS) is 11.4. The van der Waals surface area contributed by atoms with E-state index < -0.39 is 10.0 Å². The molecule has 0 saturated heterocycles. The predicted molar refractivity (Wildman–Crippen MR) is 119 cm³/mol. The van der Waals surface area contributed by atoms with Crippen LogP contribution in [0.15, 0.2) is 53.4 Å². The number of carbonyl (C=O) groups excluding carboxylic acids is 2. The highest BCUT2D eigenvalue weighted by atomic mass is 32.2. The molecule has 0 fully saturated rings. The second-order valence-electron chi connectivity index (χ2n) is 7.39. The fourth-order valence-corrected chi connectivity index (χ4v) is 4.03. The number of carbonyl (C=O) groups is 2. The number of aromatic nitrogens is 1. The zero-order valence-corrected chi connectivity index (χ0v) is 18.1. The van der Waals surface area contributed by atoms with Gasteiger partial charge in [0.1, 0.15) is 0 Å². The molecule has 0 aliphatic rings. The zero-order chi connectivity index (χ0) is 22.4. The lowest BCUT2D eigenvalue weighted by Crippen LogP contribution is -2.38. The van der Waals surface area contributed by atoms with Crippen molar-refractivity contribution < 1.29 is 18.0 Å². The second kappa shape index (κ2) is 9.76. The van der Waals surface area contributed by atoms with Gasteiger partial charge in [0.15, 0.2) is 0 Å². The number of benzene rings is 2. The minimum Gasteiger partial charge on any atom is -0.358 e. The molecule has 3 aromatic rings. The number of aryl methyl sites for hydroxylation is 1. The summed E-state index contributed by atoms with van der Waals surface area (Å²) in [6.07, 6.45) is 1.83. The monoisotopic (exact) mass is 442 g/mol. The molecule has 0 radical (unpaired) electrons. The Kier molecular flexibility index (Phi) is 7.09. The molecule has 1 aromatic heterocycles. The molecule has 0 bridgehead atoms. The Bertz CT molecular complexity index is 1170. The van der Waals surface area contributed by atoms with Crippen LogP contribution in [0.5, 0.6) is 0 Å². The van der Waals surface area contributed by atoms with Gasteiger partial charge < -0.3 is 15.2 Å². The van der Waals surface area contributed by atoms with Crippen LogP contribution in [0.25, 0.3) is 10.9 Å². The van der Waals surface area contributed by atoms with E-state index in [4.69, 9.17) is 5.14 Å². The molecule has 0 aliphatic heterocycles. The standard InChI is InChI=1S/C22H26N4O4S/c1-16-19(20-4-2-3-5-21(20)25-16)10-12-24-22(28)14-26(15-27)13-11-17-6-8-18(9-7-17)31(23,29)30/h2-9,15,25H,10-14H2,1H3,(H,24,28)(H2,23,29,30). The summed E-state index contributed by atoms with van der Waals surface area (Å²) in [6, 6.07) is 14.2. The number of nitrogens with two attached hydrogens (primary N) is 1. The van der Waals surface area contributed by atoms with Crippen molar-refractivity contribution in [2.75, 3.05) is 19.6 Å². The molecule has 4 N–H and O–H groups in total. The van der Waals surface area contributed by atoms with Crippen molar-refractivity contribution in [2.24, 2.45) is 5.14 Å². The Morgan fingerprint density at radius 1 is 1.13 bits per heavy atom. The van der Waals surface area contributed by atoms with Crippen LogP contribution in [0.3, 0.4) is 0 Å². The lowest BCUT2D eigenvalue weighted by Gasteiger charge is -2.17. The largest absolute Gasteiger partial charge is 0.358 e. The molecule has 3 rings (SSSR count). The summed E-state index contributed by atoms with van der Waals surface area (Å²) in [4.78, 5) is 28.4. The molecule has 0 unspecified atom stereocenters. The van der Waals surface area contributed by atoms with Crippen LogP contribution < -0.4 is 10.5 Å². The molecule has 1 heterocycles. The van der Waals surface area contributed by atoms with Gasteiger partial charge in [0, 0.05) is 29.7 Å². The van der Waals surface area contributed by atoms with Crippen molar-refractivity contribution in [3.63, 3.8) is 0 Å². The minimum atomic E-state index is -3.73. The summed E-state index contributed by atoms with van der Waals surface area (Å²) in [6.45, 7) is 2.79. The summed E-state index contributed by atoms with van der Waals surface area (Å²) >= 11 is 0. The first-order valence-corrected chi connectivity index (χ1v) is 11.5. The van der Waals surface area contributed by atoms with Crippen molar-refractivity contribution in [1.29, 1.82) is 0 Å². The molecule has 31 heavy (non-hydrogen) atoms. The molecule has 0 atom stereocenters. The van der Waals surface area contributed by atoms with Crippen molar-refractivity contribution in [2.45, 2.75) is 24.7 Å². The molecule has 0 aliphatic carbocycles. The highest BCUT2D eigenvalue weighted by Gasteiger charge is 2.12. The Morgan fingerprint density at radius 3 is 2.52 bits per heavy atom. The zero-order valence-electron chi connectivity index (χ0n) is 17.3. The van der Waals surface area contributed by atoms with E-state index >= 15 is 0 Å². The second-order valence-corrected chi connectivity index (χ2v) is 8.95. The summed E-state index contributed by atoms with van der Waals surface area (Å²) in [5, 5.41) is 9.10. The van der Waals surface area contributed by atoms with E-state index in [9.17, 15) is 18.0 Å². The van der Waals surface area contributed by atoms with E-state index in [1.54, 1.807) is 12.1 Å². The molecule has 164 valence electrons. The molecule has 0 saturated carbocycles. The van der Waals surface area contributed by atoms with E-state index in [-0.39, 0.29) is 17.3 Å². The van der Waals surface area contributed by atoms with Crippen molar-refractivity contribution >= 4 is 33.2 Å². The number of hydrogen-bond acceptors (Lipinski definition) is 4. The number of para-hydroxylation sites is 1. The first kappa shape index (κ1) is 22.5. The summed E-state index contributed by atoms with van der Waals surface area (Å²) < 4.78 is 22.6. The van der Waals surface area contributed by atoms with Gasteiger partial charge in [-0.1, -0.05) is 30.3 Å². The van der Waals surface area contributed by atoms with Crippen LogP contribution in [0.2, 0.25) is 0 Å². The molecule has 2 amide bonds. The number of sulfonamides is 1. The van der Waals surface area contributed by atoms with Crippen LogP contribution in [-0.4, -0.2) is 50.3 Å². The Morgan fingerprint density at radius 2 is 1.84 bits per heavy atom. The number of primary sulfonamides is 1. The predicted octanol–water partition coefficient (Wildman–Crippen LogP) is 1.48. The summed E-state index contributed by atoms with van der Waals surface area (Å²) in [5.74, 6) is -0.228. The van der Waals surface area contributed by atoms with Gasteiger partial charge in [-0.2, -0.15) is 0 Å². The minimum absolute atomic E-state index is 0.0355. The summed E-state index contributed by atoms with van der Waals surface area (Å²) in [7, 11) is -3.73. The Balaban J connectivity index is 1.47. The lowest BCUT2D eigenvalue weighted by molar-refractivity contribution is -0.128. The number of H-pyrrole nitrogens is 1.